The summed E-state index contributed by atoms with van der Waals surface area (Å²) in [5, 5.41) is 6.51. The molecule has 1 saturated carbocycles. The highest BCUT2D eigenvalue weighted by atomic mass is 16.2. The van der Waals surface area contributed by atoms with Gasteiger partial charge in [-0.25, -0.2) is 0 Å². The molecule has 1 amide bonds. The molecule has 1 heterocycles. The zero-order valence-electron chi connectivity index (χ0n) is 11.0. The largest absolute Gasteiger partial charge is 0.355 e. The second-order valence-electron chi connectivity index (χ2n) is 5.66. The fourth-order valence-electron chi connectivity index (χ4n) is 3.24. The van der Waals surface area contributed by atoms with Crippen molar-refractivity contribution < 1.29 is 4.79 Å². The minimum atomic E-state index is 0.0801. The lowest BCUT2D eigenvalue weighted by Crippen LogP contribution is -2.52. The van der Waals surface area contributed by atoms with Crippen molar-refractivity contribution in [3.8, 4) is 0 Å². The van der Waals surface area contributed by atoms with Gasteiger partial charge < -0.3 is 10.6 Å². The Morgan fingerprint density at radius 3 is 2.65 bits per heavy atom. The van der Waals surface area contributed by atoms with Gasteiger partial charge in [0, 0.05) is 12.6 Å². The van der Waals surface area contributed by atoms with E-state index in [2.05, 4.69) is 17.6 Å². The van der Waals surface area contributed by atoms with Gasteiger partial charge in [-0.15, -0.1) is 0 Å². The summed E-state index contributed by atoms with van der Waals surface area (Å²) in [5.41, 5.74) is 0. The molecule has 3 heteroatoms. The van der Waals surface area contributed by atoms with Crippen LogP contribution in [0.3, 0.4) is 0 Å². The predicted molar refractivity (Wildman–Crippen MR) is 69.8 cm³/mol. The fourth-order valence-corrected chi connectivity index (χ4v) is 3.24. The van der Waals surface area contributed by atoms with E-state index in [0.717, 1.165) is 25.3 Å². The first-order chi connectivity index (χ1) is 8.29. The maximum absolute atomic E-state index is 11.7. The highest BCUT2D eigenvalue weighted by Crippen LogP contribution is 2.28. The molecule has 0 unspecified atom stereocenters. The lowest BCUT2D eigenvalue weighted by atomic mass is 9.83. The van der Waals surface area contributed by atoms with Crippen LogP contribution in [0.25, 0.3) is 0 Å². The lowest BCUT2D eigenvalue weighted by Gasteiger charge is -2.33. The molecule has 0 spiro atoms. The summed E-state index contributed by atoms with van der Waals surface area (Å²) in [7, 11) is 0. The van der Waals surface area contributed by atoms with Crippen LogP contribution >= 0.6 is 0 Å². The number of carbonyl (C=O) groups excluding carboxylic acids is 1. The molecule has 2 fully saturated rings. The summed E-state index contributed by atoms with van der Waals surface area (Å²) in [5.74, 6) is 1.16. The van der Waals surface area contributed by atoms with E-state index in [0.29, 0.717) is 6.04 Å². The maximum atomic E-state index is 11.7. The maximum Gasteiger partial charge on any atom is 0.237 e. The van der Waals surface area contributed by atoms with E-state index in [1.165, 1.54) is 38.5 Å². The molecule has 1 aliphatic heterocycles. The van der Waals surface area contributed by atoms with E-state index in [-0.39, 0.29) is 11.9 Å². The van der Waals surface area contributed by atoms with Crippen molar-refractivity contribution in [2.24, 2.45) is 5.92 Å². The van der Waals surface area contributed by atoms with Crippen molar-refractivity contribution in [2.75, 3.05) is 6.54 Å². The van der Waals surface area contributed by atoms with Crippen molar-refractivity contribution in [2.45, 2.75) is 70.4 Å². The number of piperidine rings is 1. The fraction of sp³-hybridized carbons (Fsp3) is 0.929. The van der Waals surface area contributed by atoms with Crippen LogP contribution in [0.5, 0.6) is 0 Å². The molecule has 0 aromatic carbocycles. The van der Waals surface area contributed by atoms with E-state index < -0.39 is 0 Å². The molecule has 1 atom stereocenters. The van der Waals surface area contributed by atoms with Crippen LogP contribution in [0.4, 0.5) is 0 Å². The van der Waals surface area contributed by atoms with Gasteiger partial charge in [0.25, 0.3) is 0 Å². The summed E-state index contributed by atoms with van der Waals surface area (Å²) >= 11 is 0. The second-order valence-corrected chi connectivity index (χ2v) is 5.66. The van der Waals surface area contributed by atoms with E-state index in [1.54, 1.807) is 0 Å². The molecule has 2 aliphatic rings. The van der Waals surface area contributed by atoms with Gasteiger partial charge in [-0.2, -0.15) is 0 Å². The molecule has 1 saturated heterocycles. The Labute approximate surface area is 105 Å². The average Bonchev–Trinajstić information content (AvgIpc) is 2.35. The monoisotopic (exact) mass is 238 g/mol. The lowest BCUT2D eigenvalue weighted by molar-refractivity contribution is -0.124. The van der Waals surface area contributed by atoms with Gasteiger partial charge in [-0.1, -0.05) is 19.8 Å². The first kappa shape index (κ1) is 12.9. The Balaban J connectivity index is 1.72. The van der Waals surface area contributed by atoms with Gasteiger partial charge in [-0.3, -0.25) is 4.79 Å². The van der Waals surface area contributed by atoms with Crippen LogP contribution in [0, 0.1) is 5.92 Å². The van der Waals surface area contributed by atoms with Crippen molar-refractivity contribution in [1.29, 1.82) is 0 Å². The molecule has 0 radical (unpaired) electrons. The molecule has 2 N–H and O–H groups in total. The third kappa shape index (κ3) is 3.70. The Morgan fingerprint density at radius 1 is 1.24 bits per heavy atom. The molecule has 0 bridgehead atoms. The zero-order valence-corrected chi connectivity index (χ0v) is 11.0. The van der Waals surface area contributed by atoms with Gasteiger partial charge in [0.1, 0.15) is 0 Å². The van der Waals surface area contributed by atoms with Crippen LogP contribution < -0.4 is 10.6 Å². The van der Waals surface area contributed by atoms with E-state index in [4.69, 9.17) is 0 Å². The number of hydrogen-bond donors (Lipinski definition) is 2. The van der Waals surface area contributed by atoms with Crippen molar-refractivity contribution in [3.05, 3.63) is 0 Å². The summed E-state index contributed by atoms with van der Waals surface area (Å²) < 4.78 is 0. The van der Waals surface area contributed by atoms with Gasteiger partial charge in [0.2, 0.25) is 5.91 Å². The normalized spacial score (nSPS) is 34.4. The standard InChI is InChI=1S/C14H26N2O/c1-2-4-11-6-8-12(9-7-11)16-13-5-3-10-15-14(13)17/h11-13,16H,2-10H2,1H3,(H,15,17)/t11?,12?,13-/m1/s1. The highest BCUT2D eigenvalue weighted by molar-refractivity contribution is 5.82. The van der Waals surface area contributed by atoms with E-state index in [9.17, 15) is 4.79 Å². The number of amides is 1. The van der Waals surface area contributed by atoms with E-state index in [1.807, 2.05) is 0 Å². The van der Waals surface area contributed by atoms with Crippen LogP contribution in [0.1, 0.15) is 58.3 Å². The molecule has 1 aliphatic carbocycles. The molecular formula is C14H26N2O. The molecule has 98 valence electrons. The molecular weight excluding hydrogens is 212 g/mol. The number of carbonyl (C=O) groups is 1. The van der Waals surface area contributed by atoms with Gasteiger partial charge in [-0.05, 0) is 44.4 Å². The van der Waals surface area contributed by atoms with E-state index >= 15 is 0 Å². The third-order valence-electron chi connectivity index (χ3n) is 4.27. The summed E-state index contributed by atoms with van der Waals surface area (Å²) in [6.45, 7) is 3.14. The molecule has 2 rings (SSSR count). The van der Waals surface area contributed by atoms with Gasteiger partial charge in [0.15, 0.2) is 0 Å². The van der Waals surface area contributed by atoms with Gasteiger partial charge in [0.05, 0.1) is 6.04 Å². The van der Waals surface area contributed by atoms with Gasteiger partial charge >= 0.3 is 0 Å². The van der Waals surface area contributed by atoms with Crippen molar-refractivity contribution >= 4 is 5.91 Å². The quantitative estimate of drug-likeness (QED) is 0.788. The Hall–Kier alpha value is -0.570. The molecule has 0 aromatic heterocycles. The van der Waals surface area contributed by atoms with Crippen molar-refractivity contribution in [1.82, 2.24) is 10.6 Å². The first-order valence-corrected chi connectivity index (χ1v) is 7.33. The molecule has 3 nitrogen and oxygen atoms in total. The predicted octanol–water partition coefficient (Wildman–Crippen LogP) is 2.21. The number of rotatable bonds is 4. The summed E-state index contributed by atoms with van der Waals surface area (Å²) in [4.78, 5) is 11.7. The smallest absolute Gasteiger partial charge is 0.237 e. The van der Waals surface area contributed by atoms with Crippen LogP contribution in [-0.2, 0) is 4.79 Å². The highest BCUT2D eigenvalue weighted by Gasteiger charge is 2.27. The Bertz CT molecular complexity index is 247. The van der Waals surface area contributed by atoms with Crippen LogP contribution in [-0.4, -0.2) is 24.5 Å². The van der Waals surface area contributed by atoms with Crippen LogP contribution in [0.15, 0.2) is 0 Å². The molecule has 17 heavy (non-hydrogen) atoms. The number of nitrogens with one attached hydrogen (secondary N) is 2. The Morgan fingerprint density at radius 2 is 2.00 bits per heavy atom. The minimum absolute atomic E-state index is 0.0801. The minimum Gasteiger partial charge on any atom is -0.355 e. The third-order valence-corrected chi connectivity index (χ3v) is 4.27. The van der Waals surface area contributed by atoms with Crippen molar-refractivity contribution in [3.63, 3.8) is 0 Å². The SMILES string of the molecule is CCCC1CCC(N[C@@H]2CCCNC2=O)CC1. The van der Waals surface area contributed by atoms with Crippen LogP contribution in [0.2, 0.25) is 0 Å². The zero-order chi connectivity index (χ0) is 12.1. The summed E-state index contributed by atoms with van der Waals surface area (Å²) in [6.07, 6.45) is 10.0. The summed E-state index contributed by atoms with van der Waals surface area (Å²) in [6, 6.07) is 0.661. The average molecular weight is 238 g/mol. The topological polar surface area (TPSA) is 41.1 Å². The second kappa shape index (κ2) is 6.39. The Kier molecular flexibility index (Phi) is 4.84. The first-order valence-electron chi connectivity index (χ1n) is 7.33. The molecule has 0 aromatic rings. The number of hydrogen-bond acceptors (Lipinski definition) is 2.